The van der Waals surface area contributed by atoms with Crippen LogP contribution in [0.3, 0.4) is 0 Å². The van der Waals surface area contributed by atoms with Gasteiger partial charge in [0.2, 0.25) is 0 Å². The summed E-state index contributed by atoms with van der Waals surface area (Å²) in [7, 11) is 0. The van der Waals surface area contributed by atoms with E-state index in [-0.39, 0.29) is 0 Å². The van der Waals surface area contributed by atoms with Crippen molar-refractivity contribution in [2.45, 2.75) is 52.6 Å². The number of hydrogen-bond acceptors (Lipinski definition) is 2. The number of hydrogen-bond donors (Lipinski definition) is 1. The van der Waals surface area contributed by atoms with Gasteiger partial charge in [-0.25, -0.2) is 0 Å². The van der Waals surface area contributed by atoms with E-state index in [1.165, 1.54) is 23.7 Å². The smallest absolute Gasteiger partial charge is 0.120 e. The van der Waals surface area contributed by atoms with Crippen LogP contribution in [-0.4, -0.2) is 23.8 Å². The zero-order chi connectivity index (χ0) is 15.1. The molecule has 116 valence electrons. The zero-order valence-corrected chi connectivity index (χ0v) is 13.6. The lowest BCUT2D eigenvalue weighted by Crippen LogP contribution is -2.30. The fourth-order valence-electron chi connectivity index (χ4n) is 2.65. The number of aromatic nitrogens is 1. The van der Waals surface area contributed by atoms with Gasteiger partial charge < -0.3 is 14.6 Å². The van der Waals surface area contributed by atoms with Gasteiger partial charge in [-0.05, 0) is 43.5 Å². The fraction of sp³-hybridized carbons (Fsp3) is 0.556. The van der Waals surface area contributed by atoms with Crippen molar-refractivity contribution in [3.63, 3.8) is 0 Å². The highest BCUT2D eigenvalue weighted by molar-refractivity contribution is 5.81. The van der Waals surface area contributed by atoms with Gasteiger partial charge in [-0.2, -0.15) is 0 Å². The van der Waals surface area contributed by atoms with Crippen molar-refractivity contribution < 1.29 is 4.74 Å². The standard InChI is InChI=1S/C18H28N2O/c1-4-13-21-17-7-8-18-15(14-17)9-11-20(18)12-10-19-16(5-2)6-3/h7-9,11,14,16,19H,4-6,10,12-13H2,1-3H3. The van der Waals surface area contributed by atoms with Gasteiger partial charge >= 0.3 is 0 Å². The minimum Gasteiger partial charge on any atom is -0.494 e. The van der Waals surface area contributed by atoms with E-state index in [0.29, 0.717) is 6.04 Å². The number of benzene rings is 1. The van der Waals surface area contributed by atoms with E-state index in [1.54, 1.807) is 0 Å². The van der Waals surface area contributed by atoms with Crippen molar-refractivity contribution in [1.29, 1.82) is 0 Å². The molecule has 2 aromatic rings. The second-order valence-electron chi connectivity index (χ2n) is 5.55. The molecule has 0 aliphatic heterocycles. The first-order chi connectivity index (χ1) is 10.3. The Labute approximate surface area is 128 Å². The Morgan fingerprint density at radius 2 is 1.95 bits per heavy atom. The van der Waals surface area contributed by atoms with Crippen LogP contribution in [0.1, 0.15) is 40.0 Å². The molecule has 0 aliphatic rings. The minimum absolute atomic E-state index is 0.640. The Bertz CT molecular complexity index is 543. The summed E-state index contributed by atoms with van der Waals surface area (Å²) >= 11 is 0. The second kappa shape index (κ2) is 8.08. The maximum absolute atomic E-state index is 5.69. The average Bonchev–Trinajstić information content (AvgIpc) is 2.92. The van der Waals surface area contributed by atoms with Gasteiger partial charge in [-0.3, -0.25) is 0 Å². The average molecular weight is 288 g/mol. The lowest BCUT2D eigenvalue weighted by molar-refractivity contribution is 0.318. The van der Waals surface area contributed by atoms with E-state index < -0.39 is 0 Å². The van der Waals surface area contributed by atoms with E-state index in [2.05, 4.69) is 61.1 Å². The normalized spacial score (nSPS) is 11.4. The molecule has 0 amide bonds. The monoisotopic (exact) mass is 288 g/mol. The van der Waals surface area contributed by atoms with Crippen molar-refractivity contribution in [2.24, 2.45) is 0 Å². The molecule has 0 saturated carbocycles. The molecule has 0 bridgehead atoms. The molecule has 3 nitrogen and oxygen atoms in total. The summed E-state index contributed by atoms with van der Waals surface area (Å²) in [4.78, 5) is 0. The van der Waals surface area contributed by atoms with Crippen molar-refractivity contribution in [3.8, 4) is 5.75 Å². The van der Waals surface area contributed by atoms with Crippen molar-refractivity contribution in [2.75, 3.05) is 13.2 Å². The number of nitrogens with one attached hydrogen (secondary N) is 1. The van der Waals surface area contributed by atoms with E-state index in [1.807, 2.05) is 0 Å². The van der Waals surface area contributed by atoms with E-state index >= 15 is 0 Å². The van der Waals surface area contributed by atoms with Gasteiger partial charge in [0.05, 0.1) is 6.61 Å². The molecule has 21 heavy (non-hydrogen) atoms. The third-order valence-corrected chi connectivity index (χ3v) is 3.99. The highest BCUT2D eigenvalue weighted by Crippen LogP contribution is 2.22. The molecular weight excluding hydrogens is 260 g/mol. The minimum atomic E-state index is 0.640. The van der Waals surface area contributed by atoms with Gasteiger partial charge in [-0.1, -0.05) is 20.8 Å². The molecule has 0 saturated heterocycles. The van der Waals surface area contributed by atoms with Gasteiger partial charge in [-0.15, -0.1) is 0 Å². The molecule has 3 heteroatoms. The first-order valence-corrected chi connectivity index (χ1v) is 8.23. The van der Waals surface area contributed by atoms with Gasteiger partial charge in [0.15, 0.2) is 0 Å². The predicted molar refractivity (Wildman–Crippen MR) is 90.1 cm³/mol. The second-order valence-corrected chi connectivity index (χ2v) is 5.55. The van der Waals surface area contributed by atoms with Crippen LogP contribution in [0.25, 0.3) is 10.9 Å². The first-order valence-electron chi connectivity index (χ1n) is 8.23. The van der Waals surface area contributed by atoms with Gasteiger partial charge in [0.25, 0.3) is 0 Å². The summed E-state index contributed by atoms with van der Waals surface area (Å²) in [5.41, 5.74) is 1.28. The highest BCUT2D eigenvalue weighted by Gasteiger charge is 2.05. The molecule has 1 aromatic heterocycles. The Morgan fingerprint density at radius 1 is 1.14 bits per heavy atom. The summed E-state index contributed by atoms with van der Waals surface area (Å²) in [5.74, 6) is 0.970. The lowest BCUT2D eigenvalue weighted by atomic mass is 10.2. The van der Waals surface area contributed by atoms with Crippen LogP contribution in [0, 0.1) is 0 Å². The van der Waals surface area contributed by atoms with E-state index in [9.17, 15) is 0 Å². The molecule has 0 fully saturated rings. The Kier molecular flexibility index (Phi) is 6.12. The van der Waals surface area contributed by atoms with Gasteiger partial charge in [0, 0.05) is 36.2 Å². The molecule has 0 unspecified atom stereocenters. The summed E-state index contributed by atoms with van der Waals surface area (Å²) in [6.07, 6.45) is 5.60. The SMILES string of the molecule is CCCOc1ccc2c(ccn2CCNC(CC)CC)c1. The molecular formula is C18H28N2O. The molecule has 0 aliphatic carbocycles. The molecule has 2 rings (SSSR count). The van der Waals surface area contributed by atoms with Crippen LogP contribution in [-0.2, 0) is 6.54 Å². The van der Waals surface area contributed by atoms with Crippen LogP contribution in [0.4, 0.5) is 0 Å². The fourth-order valence-corrected chi connectivity index (χ4v) is 2.65. The summed E-state index contributed by atoms with van der Waals surface area (Å²) in [6, 6.07) is 9.18. The largest absolute Gasteiger partial charge is 0.494 e. The van der Waals surface area contributed by atoms with Crippen molar-refractivity contribution in [3.05, 3.63) is 30.5 Å². The van der Waals surface area contributed by atoms with E-state index in [4.69, 9.17) is 4.74 Å². The van der Waals surface area contributed by atoms with Crippen molar-refractivity contribution >= 4 is 10.9 Å². The third kappa shape index (κ3) is 4.24. The third-order valence-electron chi connectivity index (χ3n) is 3.99. The summed E-state index contributed by atoms with van der Waals surface area (Å²) < 4.78 is 8.01. The molecule has 1 aromatic carbocycles. The van der Waals surface area contributed by atoms with Crippen LogP contribution in [0.15, 0.2) is 30.5 Å². The van der Waals surface area contributed by atoms with Crippen LogP contribution < -0.4 is 10.1 Å². The maximum Gasteiger partial charge on any atom is 0.120 e. The molecule has 0 atom stereocenters. The van der Waals surface area contributed by atoms with E-state index in [0.717, 1.165) is 31.9 Å². The number of nitrogens with zero attached hydrogens (tertiary/aromatic N) is 1. The molecule has 0 spiro atoms. The Morgan fingerprint density at radius 3 is 2.67 bits per heavy atom. The first kappa shape index (κ1) is 15.9. The predicted octanol–water partition coefficient (Wildman–Crippen LogP) is 4.21. The number of fused-ring (bicyclic) bond motifs is 1. The summed E-state index contributed by atoms with van der Waals surface area (Å²) in [6.45, 7) is 9.42. The molecule has 0 radical (unpaired) electrons. The zero-order valence-electron chi connectivity index (χ0n) is 13.6. The van der Waals surface area contributed by atoms with Gasteiger partial charge in [0.1, 0.15) is 5.75 Å². The quantitative estimate of drug-likeness (QED) is 0.748. The van der Waals surface area contributed by atoms with Crippen LogP contribution in [0.5, 0.6) is 5.75 Å². The van der Waals surface area contributed by atoms with Crippen molar-refractivity contribution in [1.82, 2.24) is 9.88 Å². The Balaban J connectivity index is 1.98. The van der Waals surface area contributed by atoms with Crippen LogP contribution in [0.2, 0.25) is 0 Å². The van der Waals surface area contributed by atoms with Crippen LogP contribution >= 0.6 is 0 Å². The lowest BCUT2D eigenvalue weighted by Gasteiger charge is -2.15. The summed E-state index contributed by atoms with van der Waals surface area (Å²) in [5, 5.41) is 4.87. The molecule has 1 heterocycles. The topological polar surface area (TPSA) is 26.2 Å². The highest BCUT2D eigenvalue weighted by atomic mass is 16.5. The maximum atomic E-state index is 5.69. The Hall–Kier alpha value is -1.48. The molecule has 1 N–H and O–H groups in total. The number of ether oxygens (including phenoxy) is 1. The number of rotatable bonds is 9.